The van der Waals surface area contributed by atoms with Gasteiger partial charge in [-0.05, 0) is 56.4 Å². The fraction of sp³-hybridized carbons (Fsp3) is 1.00. The predicted molar refractivity (Wildman–Crippen MR) is 72.7 cm³/mol. The molecule has 1 heteroatoms. The van der Waals surface area contributed by atoms with Crippen molar-refractivity contribution in [3.8, 4) is 0 Å². The van der Waals surface area contributed by atoms with E-state index in [2.05, 4.69) is 53.8 Å². The van der Waals surface area contributed by atoms with E-state index < -0.39 is 0 Å². The highest BCUT2D eigenvalue weighted by atomic mass is 15.0. The number of rotatable bonds is 0. The molecule has 0 spiro atoms. The van der Waals surface area contributed by atoms with Crippen LogP contribution in [0.3, 0.4) is 0 Å². The van der Waals surface area contributed by atoms with Gasteiger partial charge in [0.25, 0.3) is 0 Å². The van der Waals surface area contributed by atoms with Crippen molar-refractivity contribution < 1.29 is 0 Å². The summed E-state index contributed by atoms with van der Waals surface area (Å²) in [4.78, 5) is 0. The predicted octanol–water partition coefficient (Wildman–Crippen LogP) is 4.23. The van der Waals surface area contributed by atoms with Gasteiger partial charge in [0.1, 0.15) is 0 Å². The first-order valence-electron chi connectivity index (χ1n) is 6.79. The second kappa shape index (κ2) is 4.33. The Bertz CT molecular complexity index is 238. The summed E-state index contributed by atoms with van der Waals surface area (Å²) in [6.07, 6.45) is 3.89. The molecule has 1 saturated heterocycles. The molecule has 1 fully saturated rings. The molecule has 0 aromatic rings. The van der Waals surface area contributed by atoms with Crippen LogP contribution < -0.4 is 5.32 Å². The van der Waals surface area contributed by atoms with Crippen molar-refractivity contribution in [2.24, 2.45) is 16.7 Å². The minimum absolute atomic E-state index is 0.289. The van der Waals surface area contributed by atoms with Crippen molar-refractivity contribution in [2.75, 3.05) is 6.54 Å². The molecule has 1 atom stereocenters. The maximum Gasteiger partial charge on any atom is 0.0127 e. The molecular formula is C15H31N. The zero-order chi connectivity index (χ0) is 12.6. The molecule has 1 nitrogen and oxygen atoms in total. The van der Waals surface area contributed by atoms with E-state index in [1.807, 2.05) is 0 Å². The van der Waals surface area contributed by atoms with Gasteiger partial charge in [0.15, 0.2) is 0 Å². The lowest BCUT2D eigenvalue weighted by molar-refractivity contribution is 0.117. The van der Waals surface area contributed by atoms with Crippen molar-refractivity contribution in [3.05, 3.63) is 0 Å². The molecule has 0 radical (unpaired) electrons. The van der Waals surface area contributed by atoms with Crippen LogP contribution in [0.25, 0.3) is 0 Å². The molecule has 0 aromatic heterocycles. The Morgan fingerprint density at radius 1 is 1.00 bits per heavy atom. The average molecular weight is 225 g/mol. The van der Waals surface area contributed by atoms with E-state index in [0.717, 1.165) is 12.5 Å². The number of hydrogen-bond acceptors (Lipinski definition) is 1. The van der Waals surface area contributed by atoms with Crippen LogP contribution in [0.5, 0.6) is 0 Å². The zero-order valence-corrected chi connectivity index (χ0v) is 12.4. The Kier molecular flexibility index (Phi) is 3.79. The summed E-state index contributed by atoms with van der Waals surface area (Å²) >= 11 is 0. The van der Waals surface area contributed by atoms with Gasteiger partial charge in [-0.15, -0.1) is 0 Å². The molecular weight excluding hydrogens is 194 g/mol. The summed E-state index contributed by atoms with van der Waals surface area (Å²) in [5.41, 5.74) is 1.20. The van der Waals surface area contributed by atoms with Crippen LogP contribution in [0.1, 0.15) is 67.7 Å². The molecule has 1 aliphatic rings. The van der Waals surface area contributed by atoms with Crippen LogP contribution in [0.4, 0.5) is 0 Å². The monoisotopic (exact) mass is 225 g/mol. The lowest BCUT2D eigenvalue weighted by Gasteiger charge is -2.40. The van der Waals surface area contributed by atoms with Gasteiger partial charge in [0.05, 0.1) is 0 Å². The van der Waals surface area contributed by atoms with E-state index in [4.69, 9.17) is 0 Å². The van der Waals surface area contributed by atoms with Crippen LogP contribution >= 0.6 is 0 Å². The highest BCUT2D eigenvalue weighted by Gasteiger charge is 2.37. The topological polar surface area (TPSA) is 12.0 Å². The van der Waals surface area contributed by atoms with E-state index in [9.17, 15) is 0 Å². The molecule has 1 N–H and O–H groups in total. The summed E-state index contributed by atoms with van der Waals surface area (Å²) in [6, 6.07) is 0. The van der Waals surface area contributed by atoms with Gasteiger partial charge in [-0.3, -0.25) is 0 Å². The van der Waals surface area contributed by atoms with Crippen molar-refractivity contribution in [2.45, 2.75) is 73.3 Å². The molecule has 16 heavy (non-hydrogen) atoms. The first kappa shape index (κ1) is 14.0. The lowest BCUT2D eigenvalue weighted by atomic mass is 9.66. The summed E-state index contributed by atoms with van der Waals surface area (Å²) < 4.78 is 0. The normalized spacial score (nSPS) is 33.6. The van der Waals surface area contributed by atoms with Crippen LogP contribution in [-0.2, 0) is 0 Å². The van der Waals surface area contributed by atoms with Gasteiger partial charge in [0.2, 0.25) is 0 Å². The highest BCUT2D eigenvalue weighted by Crippen LogP contribution is 2.44. The van der Waals surface area contributed by atoms with E-state index >= 15 is 0 Å². The molecule has 96 valence electrons. The SMILES string of the molecule is C[C@@H]1CC(C)(C)NCCC(C)(C)CC1(C)C. The molecule has 0 amide bonds. The van der Waals surface area contributed by atoms with E-state index in [0.29, 0.717) is 10.8 Å². The van der Waals surface area contributed by atoms with Gasteiger partial charge in [0, 0.05) is 5.54 Å². The Morgan fingerprint density at radius 2 is 1.56 bits per heavy atom. The van der Waals surface area contributed by atoms with E-state index in [-0.39, 0.29) is 5.54 Å². The van der Waals surface area contributed by atoms with Gasteiger partial charge in [-0.1, -0.05) is 34.6 Å². The van der Waals surface area contributed by atoms with Crippen molar-refractivity contribution >= 4 is 0 Å². The summed E-state index contributed by atoms with van der Waals surface area (Å²) in [7, 11) is 0. The van der Waals surface area contributed by atoms with Gasteiger partial charge in [-0.25, -0.2) is 0 Å². The van der Waals surface area contributed by atoms with Gasteiger partial charge in [-0.2, -0.15) is 0 Å². The summed E-state index contributed by atoms with van der Waals surface area (Å²) in [5.74, 6) is 0.771. The molecule has 0 aliphatic carbocycles. The third-order valence-corrected chi connectivity index (χ3v) is 4.49. The third kappa shape index (κ3) is 3.76. The lowest BCUT2D eigenvalue weighted by Crippen LogP contribution is -2.42. The molecule has 0 saturated carbocycles. The van der Waals surface area contributed by atoms with E-state index in [1.165, 1.54) is 19.3 Å². The van der Waals surface area contributed by atoms with Crippen LogP contribution in [0.2, 0.25) is 0 Å². The minimum Gasteiger partial charge on any atom is -0.312 e. The molecule has 0 unspecified atom stereocenters. The largest absolute Gasteiger partial charge is 0.312 e. The van der Waals surface area contributed by atoms with Gasteiger partial charge >= 0.3 is 0 Å². The van der Waals surface area contributed by atoms with Gasteiger partial charge < -0.3 is 5.32 Å². The fourth-order valence-corrected chi connectivity index (χ4v) is 3.35. The van der Waals surface area contributed by atoms with Crippen molar-refractivity contribution in [1.82, 2.24) is 5.32 Å². The minimum atomic E-state index is 0.289. The maximum atomic E-state index is 3.72. The van der Waals surface area contributed by atoms with Crippen molar-refractivity contribution in [1.29, 1.82) is 0 Å². The Hall–Kier alpha value is -0.0400. The summed E-state index contributed by atoms with van der Waals surface area (Å²) in [5, 5.41) is 3.72. The Balaban J connectivity index is 2.89. The summed E-state index contributed by atoms with van der Waals surface area (Å²) in [6.45, 7) is 18.0. The average Bonchev–Trinajstić information content (AvgIpc) is 1.99. The quantitative estimate of drug-likeness (QED) is 0.650. The second-order valence-electron chi connectivity index (χ2n) is 8.00. The molecule has 0 aromatic carbocycles. The first-order chi connectivity index (χ1) is 7.04. The molecule has 1 aliphatic heterocycles. The number of hydrogen-bond donors (Lipinski definition) is 1. The Labute approximate surface area is 102 Å². The standard InChI is InChI=1S/C15H31N/c1-12-10-15(6,7)16-9-8-13(2,3)11-14(12,4)5/h12,16H,8-11H2,1-7H3/t12-/m1/s1. The smallest absolute Gasteiger partial charge is 0.0127 e. The molecule has 1 heterocycles. The molecule has 1 rings (SSSR count). The van der Waals surface area contributed by atoms with E-state index in [1.54, 1.807) is 0 Å². The van der Waals surface area contributed by atoms with Crippen LogP contribution in [-0.4, -0.2) is 12.1 Å². The maximum absolute atomic E-state index is 3.72. The second-order valence-corrected chi connectivity index (χ2v) is 8.00. The number of nitrogens with one attached hydrogen (secondary N) is 1. The van der Waals surface area contributed by atoms with Crippen LogP contribution in [0.15, 0.2) is 0 Å². The first-order valence-corrected chi connectivity index (χ1v) is 6.79. The van der Waals surface area contributed by atoms with Crippen molar-refractivity contribution in [3.63, 3.8) is 0 Å². The molecule has 0 bridgehead atoms. The fourth-order valence-electron chi connectivity index (χ4n) is 3.35. The third-order valence-electron chi connectivity index (χ3n) is 4.49. The van der Waals surface area contributed by atoms with Crippen LogP contribution in [0, 0.1) is 16.7 Å². The highest BCUT2D eigenvalue weighted by molar-refractivity contribution is 4.91. The Morgan fingerprint density at radius 3 is 2.12 bits per heavy atom. The zero-order valence-electron chi connectivity index (χ0n) is 12.4.